The number of rotatable bonds is 8. The molecule has 1 fully saturated rings. The maximum atomic E-state index is 5.80. The normalized spacial score (nSPS) is 17.1. The molecule has 0 aliphatic heterocycles. The molecule has 18 heavy (non-hydrogen) atoms. The predicted octanol–water partition coefficient (Wildman–Crippen LogP) is 2.19. The third-order valence-corrected chi connectivity index (χ3v) is 3.59. The number of benzene rings is 1. The minimum absolute atomic E-state index is 0.443. The number of hydrogen-bond acceptors (Lipinski definition) is 3. The molecular weight excluding hydrogens is 224 g/mol. The van der Waals surface area contributed by atoms with Gasteiger partial charge < -0.3 is 10.5 Å². The van der Waals surface area contributed by atoms with Crippen molar-refractivity contribution in [3.8, 4) is 0 Å². The van der Waals surface area contributed by atoms with Crippen LogP contribution in [0.1, 0.15) is 30.9 Å². The first-order valence-electron chi connectivity index (χ1n) is 6.86. The summed E-state index contributed by atoms with van der Waals surface area (Å²) in [4.78, 5) is 2.58. The summed E-state index contributed by atoms with van der Waals surface area (Å²) in [5.74, 6) is 0. The molecule has 2 N–H and O–H groups in total. The fourth-order valence-electron chi connectivity index (χ4n) is 2.55. The van der Waals surface area contributed by atoms with Crippen molar-refractivity contribution in [3.05, 3.63) is 35.9 Å². The van der Waals surface area contributed by atoms with E-state index in [1.54, 1.807) is 7.11 Å². The molecule has 3 heteroatoms. The van der Waals surface area contributed by atoms with E-state index in [1.165, 1.54) is 18.4 Å². The number of nitrogens with two attached hydrogens (primary N) is 1. The Morgan fingerprint density at radius 3 is 2.61 bits per heavy atom. The van der Waals surface area contributed by atoms with E-state index in [1.807, 2.05) is 0 Å². The van der Waals surface area contributed by atoms with Gasteiger partial charge in [-0.15, -0.1) is 0 Å². The highest BCUT2D eigenvalue weighted by molar-refractivity contribution is 5.19. The number of ether oxygens (including phenoxy) is 1. The Morgan fingerprint density at radius 1 is 1.33 bits per heavy atom. The summed E-state index contributed by atoms with van der Waals surface area (Å²) in [5, 5.41) is 0. The standard InChI is InChI=1S/C15H24N2O/c1-18-12-11-17(14-7-8-14)15(9-10-16)13-5-3-2-4-6-13/h2-6,14-15H,7-12,16H2,1H3. The van der Waals surface area contributed by atoms with Crippen LogP contribution in [0.4, 0.5) is 0 Å². The Morgan fingerprint density at radius 2 is 2.06 bits per heavy atom. The molecule has 1 aromatic rings. The van der Waals surface area contributed by atoms with Crippen LogP contribution in [-0.2, 0) is 4.74 Å². The zero-order chi connectivity index (χ0) is 12.8. The SMILES string of the molecule is COCCN(C1CC1)C(CCN)c1ccccc1. The Labute approximate surface area is 110 Å². The Hall–Kier alpha value is -0.900. The van der Waals surface area contributed by atoms with Crippen LogP contribution < -0.4 is 5.73 Å². The van der Waals surface area contributed by atoms with Gasteiger partial charge in [0, 0.05) is 25.7 Å². The summed E-state index contributed by atoms with van der Waals surface area (Å²) >= 11 is 0. The van der Waals surface area contributed by atoms with Gasteiger partial charge in [-0.2, -0.15) is 0 Å². The Balaban J connectivity index is 2.10. The van der Waals surface area contributed by atoms with Crippen molar-refractivity contribution in [1.29, 1.82) is 0 Å². The third kappa shape index (κ3) is 3.55. The quantitative estimate of drug-likeness (QED) is 0.766. The lowest BCUT2D eigenvalue weighted by atomic mass is 10.0. The molecule has 1 unspecified atom stereocenters. The average Bonchev–Trinajstić information content (AvgIpc) is 3.23. The average molecular weight is 248 g/mol. The van der Waals surface area contributed by atoms with Crippen molar-refractivity contribution in [2.24, 2.45) is 5.73 Å². The molecule has 3 nitrogen and oxygen atoms in total. The Kier molecular flexibility index (Phi) is 5.17. The first-order chi connectivity index (χ1) is 8.86. The molecule has 100 valence electrons. The van der Waals surface area contributed by atoms with Gasteiger partial charge in [-0.25, -0.2) is 0 Å². The lowest BCUT2D eigenvalue weighted by molar-refractivity contribution is 0.110. The fourth-order valence-corrected chi connectivity index (χ4v) is 2.55. The summed E-state index contributed by atoms with van der Waals surface area (Å²) < 4.78 is 5.24. The lowest BCUT2D eigenvalue weighted by Crippen LogP contribution is -2.35. The molecule has 1 aromatic carbocycles. The van der Waals surface area contributed by atoms with Gasteiger partial charge in [-0.05, 0) is 31.4 Å². The van der Waals surface area contributed by atoms with Crippen molar-refractivity contribution >= 4 is 0 Å². The highest BCUT2D eigenvalue weighted by Crippen LogP contribution is 2.35. The molecule has 2 rings (SSSR count). The number of hydrogen-bond donors (Lipinski definition) is 1. The van der Waals surface area contributed by atoms with Crippen LogP contribution >= 0.6 is 0 Å². The zero-order valence-corrected chi connectivity index (χ0v) is 11.2. The van der Waals surface area contributed by atoms with Crippen molar-refractivity contribution in [2.75, 3.05) is 26.8 Å². The van der Waals surface area contributed by atoms with E-state index in [0.29, 0.717) is 6.04 Å². The van der Waals surface area contributed by atoms with E-state index in [2.05, 4.69) is 35.2 Å². The topological polar surface area (TPSA) is 38.5 Å². The highest BCUT2D eigenvalue weighted by Gasteiger charge is 2.33. The van der Waals surface area contributed by atoms with Crippen molar-refractivity contribution in [1.82, 2.24) is 4.90 Å². The summed E-state index contributed by atoms with van der Waals surface area (Å²) in [5.41, 5.74) is 7.18. The van der Waals surface area contributed by atoms with Gasteiger partial charge >= 0.3 is 0 Å². The monoisotopic (exact) mass is 248 g/mol. The van der Waals surface area contributed by atoms with Gasteiger partial charge in [-0.1, -0.05) is 30.3 Å². The highest BCUT2D eigenvalue weighted by atomic mass is 16.5. The van der Waals surface area contributed by atoms with E-state index in [4.69, 9.17) is 10.5 Å². The molecule has 0 saturated heterocycles. The second-order valence-electron chi connectivity index (χ2n) is 4.97. The second kappa shape index (κ2) is 6.88. The van der Waals surface area contributed by atoms with Gasteiger partial charge in [0.2, 0.25) is 0 Å². The molecule has 0 radical (unpaired) electrons. The fraction of sp³-hybridized carbons (Fsp3) is 0.600. The van der Waals surface area contributed by atoms with Crippen molar-refractivity contribution in [3.63, 3.8) is 0 Å². The van der Waals surface area contributed by atoms with E-state index in [9.17, 15) is 0 Å². The first-order valence-corrected chi connectivity index (χ1v) is 6.86. The van der Waals surface area contributed by atoms with Crippen LogP contribution in [-0.4, -0.2) is 37.7 Å². The predicted molar refractivity (Wildman–Crippen MR) is 74.5 cm³/mol. The zero-order valence-electron chi connectivity index (χ0n) is 11.2. The van der Waals surface area contributed by atoms with E-state index in [-0.39, 0.29) is 0 Å². The summed E-state index contributed by atoms with van der Waals surface area (Å²) in [6, 6.07) is 11.9. The minimum atomic E-state index is 0.443. The van der Waals surface area contributed by atoms with Gasteiger partial charge in [0.1, 0.15) is 0 Å². The maximum Gasteiger partial charge on any atom is 0.0590 e. The summed E-state index contributed by atoms with van der Waals surface area (Å²) in [7, 11) is 1.77. The molecule has 0 bridgehead atoms. The third-order valence-electron chi connectivity index (χ3n) is 3.59. The van der Waals surface area contributed by atoms with Gasteiger partial charge in [0.05, 0.1) is 6.61 Å². The number of nitrogens with zero attached hydrogens (tertiary/aromatic N) is 1. The van der Waals surface area contributed by atoms with Crippen LogP contribution in [0.5, 0.6) is 0 Å². The Bertz CT molecular complexity index is 338. The van der Waals surface area contributed by atoms with Gasteiger partial charge in [0.15, 0.2) is 0 Å². The molecule has 1 aliphatic carbocycles. The van der Waals surface area contributed by atoms with Crippen molar-refractivity contribution < 1.29 is 4.74 Å². The van der Waals surface area contributed by atoms with E-state index in [0.717, 1.165) is 32.2 Å². The van der Waals surface area contributed by atoms with Crippen LogP contribution in [0.2, 0.25) is 0 Å². The van der Waals surface area contributed by atoms with Gasteiger partial charge in [-0.3, -0.25) is 4.90 Å². The van der Waals surface area contributed by atoms with Gasteiger partial charge in [0.25, 0.3) is 0 Å². The van der Waals surface area contributed by atoms with Crippen molar-refractivity contribution in [2.45, 2.75) is 31.3 Å². The second-order valence-corrected chi connectivity index (χ2v) is 4.97. The molecule has 1 aliphatic rings. The molecular formula is C15H24N2O. The summed E-state index contributed by atoms with van der Waals surface area (Å²) in [6.07, 6.45) is 3.65. The van der Waals surface area contributed by atoms with Crippen LogP contribution in [0.3, 0.4) is 0 Å². The lowest BCUT2D eigenvalue weighted by Gasteiger charge is -2.32. The molecule has 0 amide bonds. The minimum Gasteiger partial charge on any atom is -0.383 e. The molecule has 1 saturated carbocycles. The first kappa shape index (κ1) is 13.5. The molecule has 1 atom stereocenters. The molecule has 0 aromatic heterocycles. The molecule has 0 spiro atoms. The van der Waals surface area contributed by atoms with E-state index < -0.39 is 0 Å². The largest absolute Gasteiger partial charge is 0.383 e. The smallest absolute Gasteiger partial charge is 0.0590 e. The molecule has 0 heterocycles. The van der Waals surface area contributed by atoms with Crippen LogP contribution in [0.15, 0.2) is 30.3 Å². The maximum absolute atomic E-state index is 5.80. The summed E-state index contributed by atoms with van der Waals surface area (Å²) in [6.45, 7) is 2.53. The number of methoxy groups -OCH3 is 1. The van der Waals surface area contributed by atoms with Crippen LogP contribution in [0.25, 0.3) is 0 Å². The van der Waals surface area contributed by atoms with E-state index >= 15 is 0 Å². The van der Waals surface area contributed by atoms with Crippen LogP contribution in [0, 0.1) is 0 Å².